The van der Waals surface area contributed by atoms with Crippen LogP contribution in [0.2, 0.25) is 5.02 Å². The van der Waals surface area contributed by atoms with Gasteiger partial charge in [-0.1, -0.05) is 23.7 Å². The predicted octanol–water partition coefficient (Wildman–Crippen LogP) is 2.87. The number of aromatic nitrogens is 3. The lowest BCUT2D eigenvalue weighted by atomic mass is 10.1. The number of fused-ring (bicyclic) bond motifs is 1. The van der Waals surface area contributed by atoms with Gasteiger partial charge in [0, 0.05) is 60.8 Å². The van der Waals surface area contributed by atoms with Crippen molar-refractivity contribution in [2.45, 2.75) is 4.90 Å². The van der Waals surface area contributed by atoms with E-state index in [4.69, 9.17) is 11.6 Å². The molecular weight excluding hydrogens is 509 g/mol. The van der Waals surface area contributed by atoms with E-state index in [1.54, 1.807) is 36.4 Å². The third kappa shape index (κ3) is 4.60. The first-order valence-corrected chi connectivity index (χ1v) is 12.7. The highest BCUT2D eigenvalue weighted by Gasteiger charge is 2.31. The fraction of sp³-hybridized carbons (Fsp3) is 0.167. The Morgan fingerprint density at radius 3 is 2.36 bits per heavy atom. The van der Waals surface area contributed by atoms with E-state index in [0.717, 1.165) is 23.2 Å². The summed E-state index contributed by atoms with van der Waals surface area (Å²) >= 11 is 6.01. The third-order valence-electron chi connectivity index (χ3n) is 5.98. The van der Waals surface area contributed by atoms with Crippen molar-refractivity contribution < 1.29 is 22.3 Å². The van der Waals surface area contributed by atoms with Crippen LogP contribution >= 0.6 is 11.6 Å². The van der Waals surface area contributed by atoms with E-state index in [2.05, 4.69) is 9.97 Å². The third-order valence-corrected chi connectivity index (χ3v) is 8.11. The molecule has 0 aliphatic carbocycles. The summed E-state index contributed by atoms with van der Waals surface area (Å²) in [5.74, 6) is -1.27. The Labute approximate surface area is 211 Å². The molecule has 1 aliphatic rings. The maximum absolute atomic E-state index is 14.0. The average molecular weight is 528 g/mol. The number of sulfonamides is 1. The molecule has 4 aromatic rings. The van der Waals surface area contributed by atoms with Crippen LogP contribution in [0.1, 0.15) is 10.6 Å². The molecule has 36 heavy (non-hydrogen) atoms. The summed E-state index contributed by atoms with van der Waals surface area (Å²) in [6.45, 7) is 0.580. The summed E-state index contributed by atoms with van der Waals surface area (Å²) in [6, 6.07) is 11.4. The summed E-state index contributed by atoms with van der Waals surface area (Å²) in [4.78, 5) is 22.6. The molecule has 2 aromatic carbocycles. The SMILES string of the molecule is O=C(c1ncc(-c2cc[n+]([O-])cc2F)cn1)N1CCN(S(=O)(=O)c2ccc3cc(Cl)ccc3c2)CC1. The van der Waals surface area contributed by atoms with E-state index in [9.17, 15) is 22.8 Å². The number of amides is 1. The molecule has 1 fully saturated rings. The molecule has 1 saturated heterocycles. The van der Waals surface area contributed by atoms with Crippen molar-refractivity contribution >= 4 is 38.3 Å². The summed E-state index contributed by atoms with van der Waals surface area (Å²) in [5, 5.41) is 13.3. The minimum atomic E-state index is -3.75. The Balaban J connectivity index is 1.27. The van der Waals surface area contributed by atoms with Crippen molar-refractivity contribution in [1.29, 1.82) is 0 Å². The van der Waals surface area contributed by atoms with Gasteiger partial charge in [0.15, 0.2) is 12.0 Å². The van der Waals surface area contributed by atoms with Gasteiger partial charge in [-0.2, -0.15) is 13.4 Å². The number of carbonyl (C=O) groups excluding carboxylic acids is 1. The molecule has 0 saturated carbocycles. The largest absolute Gasteiger partial charge is 0.619 e. The smallest absolute Gasteiger partial charge is 0.291 e. The normalized spacial score (nSPS) is 14.8. The van der Waals surface area contributed by atoms with Gasteiger partial charge in [0.1, 0.15) is 0 Å². The van der Waals surface area contributed by atoms with Gasteiger partial charge in [-0.25, -0.2) is 18.4 Å². The molecule has 184 valence electrons. The van der Waals surface area contributed by atoms with Crippen molar-refractivity contribution in [3.05, 3.63) is 89.1 Å². The van der Waals surface area contributed by atoms with Gasteiger partial charge in [0.25, 0.3) is 5.91 Å². The fourth-order valence-corrected chi connectivity index (χ4v) is 5.68. The zero-order valence-electron chi connectivity index (χ0n) is 18.7. The molecule has 5 rings (SSSR count). The van der Waals surface area contributed by atoms with Gasteiger partial charge in [-0.05, 0) is 35.0 Å². The molecule has 0 atom stereocenters. The van der Waals surface area contributed by atoms with Gasteiger partial charge in [0.2, 0.25) is 22.0 Å². The number of pyridine rings is 1. The summed E-state index contributed by atoms with van der Waals surface area (Å²) < 4.78 is 42.1. The summed E-state index contributed by atoms with van der Waals surface area (Å²) in [6.07, 6.45) is 4.55. The first-order chi connectivity index (χ1) is 17.2. The Hall–Kier alpha value is -3.67. The van der Waals surface area contributed by atoms with Gasteiger partial charge in [-0.3, -0.25) is 4.79 Å². The number of benzene rings is 2. The van der Waals surface area contributed by atoms with Crippen molar-refractivity contribution in [2.24, 2.45) is 0 Å². The maximum atomic E-state index is 14.0. The molecule has 1 amide bonds. The van der Waals surface area contributed by atoms with E-state index in [0.29, 0.717) is 15.3 Å². The van der Waals surface area contributed by atoms with Crippen molar-refractivity contribution in [3.63, 3.8) is 0 Å². The number of hydrogen-bond donors (Lipinski definition) is 0. The molecule has 1 aliphatic heterocycles. The number of rotatable bonds is 4. The fourth-order valence-electron chi connectivity index (χ4n) is 4.04. The zero-order chi connectivity index (χ0) is 25.4. The van der Waals surface area contributed by atoms with Crippen LogP contribution < -0.4 is 4.73 Å². The van der Waals surface area contributed by atoms with Crippen LogP contribution in [-0.2, 0) is 10.0 Å². The van der Waals surface area contributed by atoms with E-state index in [1.165, 1.54) is 27.7 Å². The van der Waals surface area contributed by atoms with Gasteiger partial charge >= 0.3 is 0 Å². The molecule has 3 heterocycles. The Morgan fingerprint density at radius 2 is 1.67 bits per heavy atom. The second-order valence-corrected chi connectivity index (χ2v) is 10.6. The lowest BCUT2D eigenvalue weighted by Gasteiger charge is -2.33. The Kier molecular flexibility index (Phi) is 6.29. The van der Waals surface area contributed by atoms with Crippen molar-refractivity contribution in [3.8, 4) is 11.1 Å². The molecule has 0 radical (unpaired) electrons. The van der Waals surface area contributed by atoms with Crippen LogP contribution in [0.3, 0.4) is 0 Å². The first kappa shape index (κ1) is 24.0. The van der Waals surface area contributed by atoms with Crippen LogP contribution in [0, 0.1) is 11.0 Å². The Morgan fingerprint density at radius 1 is 1.00 bits per heavy atom. The van der Waals surface area contributed by atoms with E-state index < -0.39 is 21.7 Å². The maximum Gasteiger partial charge on any atom is 0.291 e. The minimum absolute atomic E-state index is 0.0847. The predicted molar refractivity (Wildman–Crippen MR) is 130 cm³/mol. The van der Waals surface area contributed by atoms with E-state index in [-0.39, 0.29) is 42.5 Å². The standard InChI is InChI=1S/C24H19ClFN5O4S/c25-19-3-1-17-12-20(4-2-16(17)11-19)36(34,35)31-9-7-29(8-10-31)24(32)23-27-13-18(14-28-23)21-5-6-30(33)15-22(21)26/h1-6,11-15H,7-10H2. The average Bonchev–Trinajstić information content (AvgIpc) is 2.88. The number of piperazine rings is 1. The molecule has 0 N–H and O–H groups in total. The van der Waals surface area contributed by atoms with Crippen LogP contribution in [0.4, 0.5) is 4.39 Å². The molecular formula is C24H19ClFN5O4S. The van der Waals surface area contributed by atoms with Crippen molar-refractivity contribution in [1.82, 2.24) is 19.2 Å². The first-order valence-electron chi connectivity index (χ1n) is 10.9. The summed E-state index contributed by atoms with van der Waals surface area (Å²) in [5.41, 5.74) is 0.454. The highest BCUT2D eigenvalue weighted by atomic mass is 35.5. The molecule has 12 heteroatoms. The Bertz CT molecular complexity index is 1580. The molecule has 0 spiro atoms. The number of halogens is 2. The van der Waals surface area contributed by atoms with Crippen molar-refractivity contribution in [2.75, 3.05) is 26.2 Å². The highest BCUT2D eigenvalue weighted by Crippen LogP contribution is 2.25. The molecule has 2 aromatic heterocycles. The van der Waals surface area contributed by atoms with Crippen LogP contribution in [0.15, 0.2) is 72.1 Å². The lowest BCUT2D eigenvalue weighted by molar-refractivity contribution is -0.607. The van der Waals surface area contributed by atoms with Gasteiger partial charge in [0.05, 0.1) is 4.90 Å². The van der Waals surface area contributed by atoms with Crippen LogP contribution in [0.25, 0.3) is 21.9 Å². The van der Waals surface area contributed by atoms with Gasteiger partial charge < -0.3 is 10.1 Å². The topological polar surface area (TPSA) is 110 Å². The molecule has 0 bridgehead atoms. The molecule has 0 unspecified atom stereocenters. The second kappa shape index (κ2) is 9.41. The second-order valence-electron chi connectivity index (χ2n) is 8.21. The lowest BCUT2D eigenvalue weighted by Crippen LogP contribution is -2.50. The quantitative estimate of drug-likeness (QED) is 0.298. The number of nitrogens with zero attached hydrogens (tertiary/aromatic N) is 5. The van der Waals surface area contributed by atoms with E-state index >= 15 is 0 Å². The minimum Gasteiger partial charge on any atom is -0.619 e. The summed E-state index contributed by atoms with van der Waals surface area (Å²) in [7, 11) is -3.75. The highest BCUT2D eigenvalue weighted by molar-refractivity contribution is 7.89. The van der Waals surface area contributed by atoms with Crippen LogP contribution in [-0.4, -0.2) is 59.7 Å². The van der Waals surface area contributed by atoms with Crippen LogP contribution in [0.5, 0.6) is 0 Å². The van der Waals surface area contributed by atoms with Gasteiger partial charge in [-0.15, -0.1) is 0 Å². The van der Waals surface area contributed by atoms with E-state index in [1.807, 2.05) is 0 Å². The number of carbonyl (C=O) groups is 1. The monoisotopic (exact) mass is 527 g/mol. The number of hydrogen-bond acceptors (Lipinski definition) is 6. The zero-order valence-corrected chi connectivity index (χ0v) is 20.3. The molecule has 9 nitrogen and oxygen atoms in total.